The maximum absolute atomic E-state index is 12.3. The average molecular weight is 332 g/mol. The topological polar surface area (TPSA) is 52.6 Å². The van der Waals surface area contributed by atoms with Crippen molar-refractivity contribution < 1.29 is 23.1 Å². The number of rotatable bonds is 7. The molecule has 0 aliphatic rings. The summed E-state index contributed by atoms with van der Waals surface area (Å²) in [5.74, 6) is -0.230. The Labute approximate surface area is 134 Å². The molecule has 0 heterocycles. The van der Waals surface area contributed by atoms with E-state index >= 15 is 0 Å². The third kappa shape index (κ3) is 7.36. The first-order valence-corrected chi connectivity index (χ1v) is 7.44. The Morgan fingerprint density at radius 2 is 1.83 bits per heavy atom. The van der Waals surface area contributed by atoms with Gasteiger partial charge < -0.3 is 10.4 Å². The summed E-state index contributed by atoms with van der Waals surface area (Å²) in [5.41, 5.74) is 1.02. The standard InChI is InChI=1S/C16H23F3N2O2/c1-11(4-5-13-6-8-14(22)9-7-13)20-15(23)12(2)21(3)10-16(17,18)19/h6-9,11-12,22H,4-5,10H2,1-3H3,(H,20,23)/t11-,12-/m0/s1. The van der Waals surface area contributed by atoms with E-state index in [2.05, 4.69) is 5.32 Å². The van der Waals surface area contributed by atoms with Crippen LogP contribution in [0.2, 0.25) is 0 Å². The molecule has 0 aliphatic carbocycles. The van der Waals surface area contributed by atoms with Crippen molar-refractivity contribution in [3.63, 3.8) is 0 Å². The molecule has 7 heteroatoms. The first-order valence-electron chi connectivity index (χ1n) is 7.44. The summed E-state index contributed by atoms with van der Waals surface area (Å²) in [6.45, 7) is 2.14. The Morgan fingerprint density at radius 1 is 1.26 bits per heavy atom. The first kappa shape index (κ1) is 19.3. The van der Waals surface area contributed by atoms with Gasteiger partial charge in [-0.3, -0.25) is 9.69 Å². The van der Waals surface area contributed by atoms with E-state index < -0.39 is 24.7 Å². The fraction of sp³-hybridized carbons (Fsp3) is 0.562. The molecule has 1 rings (SSSR count). The highest BCUT2D eigenvalue weighted by Crippen LogP contribution is 2.17. The van der Waals surface area contributed by atoms with E-state index in [1.807, 2.05) is 6.92 Å². The molecule has 4 nitrogen and oxygen atoms in total. The molecule has 0 saturated heterocycles. The monoisotopic (exact) mass is 332 g/mol. The number of carbonyl (C=O) groups excluding carboxylic acids is 1. The highest BCUT2D eigenvalue weighted by Gasteiger charge is 2.32. The zero-order chi connectivity index (χ0) is 17.6. The molecular weight excluding hydrogens is 309 g/mol. The number of benzene rings is 1. The van der Waals surface area contributed by atoms with Crippen molar-refractivity contribution in [3.05, 3.63) is 29.8 Å². The normalized spacial score (nSPS) is 14.6. The predicted molar refractivity (Wildman–Crippen MR) is 82.2 cm³/mol. The molecule has 2 atom stereocenters. The lowest BCUT2D eigenvalue weighted by atomic mass is 10.1. The van der Waals surface area contributed by atoms with Gasteiger partial charge in [-0.15, -0.1) is 0 Å². The van der Waals surface area contributed by atoms with Crippen molar-refractivity contribution in [2.45, 2.75) is 44.9 Å². The molecule has 0 spiro atoms. The fourth-order valence-electron chi connectivity index (χ4n) is 2.10. The number of likely N-dealkylation sites (N-methyl/N-ethyl adjacent to an activating group) is 1. The van der Waals surface area contributed by atoms with Gasteiger partial charge in [0.05, 0.1) is 12.6 Å². The minimum Gasteiger partial charge on any atom is -0.508 e. The summed E-state index contributed by atoms with van der Waals surface area (Å²) < 4.78 is 37.0. The second-order valence-electron chi connectivity index (χ2n) is 5.82. The van der Waals surface area contributed by atoms with Crippen LogP contribution in [0.1, 0.15) is 25.8 Å². The van der Waals surface area contributed by atoms with Gasteiger partial charge in [0.25, 0.3) is 0 Å². The molecule has 0 saturated carbocycles. The maximum atomic E-state index is 12.3. The van der Waals surface area contributed by atoms with Crippen LogP contribution in [0.4, 0.5) is 13.2 Å². The number of nitrogens with one attached hydrogen (secondary N) is 1. The SMILES string of the molecule is C[C@@H](CCc1ccc(O)cc1)NC(=O)[C@H](C)N(C)CC(F)(F)F. The molecule has 1 amide bonds. The maximum Gasteiger partial charge on any atom is 0.401 e. The van der Waals surface area contributed by atoms with Gasteiger partial charge in [-0.05, 0) is 51.4 Å². The first-order chi connectivity index (χ1) is 10.6. The van der Waals surface area contributed by atoms with Crippen molar-refractivity contribution in [3.8, 4) is 5.75 Å². The van der Waals surface area contributed by atoms with E-state index in [-0.39, 0.29) is 11.8 Å². The van der Waals surface area contributed by atoms with E-state index in [1.54, 1.807) is 24.3 Å². The van der Waals surface area contributed by atoms with Crippen LogP contribution in [0.15, 0.2) is 24.3 Å². The highest BCUT2D eigenvalue weighted by molar-refractivity contribution is 5.81. The number of aryl methyl sites for hydroxylation is 1. The van der Waals surface area contributed by atoms with Crippen molar-refractivity contribution in [2.75, 3.05) is 13.6 Å². The van der Waals surface area contributed by atoms with Gasteiger partial charge in [-0.2, -0.15) is 13.2 Å². The highest BCUT2D eigenvalue weighted by atomic mass is 19.4. The predicted octanol–water partition coefficient (Wildman–Crippen LogP) is 2.71. The van der Waals surface area contributed by atoms with Gasteiger partial charge in [-0.1, -0.05) is 12.1 Å². The van der Waals surface area contributed by atoms with Crippen LogP contribution in [-0.2, 0) is 11.2 Å². The number of aromatic hydroxyl groups is 1. The Morgan fingerprint density at radius 3 is 2.35 bits per heavy atom. The lowest BCUT2D eigenvalue weighted by Crippen LogP contribution is -2.48. The molecular formula is C16H23F3N2O2. The van der Waals surface area contributed by atoms with Gasteiger partial charge in [0.1, 0.15) is 5.75 Å². The Balaban J connectivity index is 2.41. The summed E-state index contributed by atoms with van der Waals surface area (Å²) in [7, 11) is 1.28. The average Bonchev–Trinajstić information content (AvgIpc) is 2.44. The van der Waals surface area contributed by atoms with Crippen molar-refractivity contribution in [1.82, 2.24) is 10.2 Å². The molecule has 0 fully saturated rings. The number of nitrogens with zero attached hydrogens (tertiary/aromatic N) is 1. The number of amides is 1. The molecule has 1 aromatic carbocycles. The molecule has 1 aromatic rings. The Kier molecular flexibility index (Phi) is 6.87. The summed E-state index contributed by atoms with van der Waals surface area (Å²) in [6, 6.07) is 5.76. The van der Waals surface area contributed by atoms with E-state index in [0.29, 0.717) is 12.8 Å². The van der Waals surface area contributed by atoms with E-state index in [1.165, 1.54) is 14.0 Å². The van der Waals surface area contributed by atoms with E-state index in [0.717, 1.165) is 10.5 Å². The van der Waals surface area contributed by atoms with Crippen LogP contribution >= 0.6 is 0 Å². The number of alkyl halides is 3. The minimum absolute atomic E-state index is 0.155. The summed E-state index contributed by atoms with van der Waals surface area (Å²) >= 11 is 0. The van der Waals surface area contributed by atoms with Crippen LogP contribution < -0.4 is 5.32 Å². The van der Waals surface area contributed by atoms with Gasteiger partial charge in [0.2, 0.25) is 5.91 Å². The van der Waals surface area contributed by atoms with Gasteiger partial charge in [-0.25, -0.2) is 0 Å². The van der Waals surface area contributed by atoms with Gasteiger partial charge in [0, 0.05) is 6.04 Å². The third-order valence-corrected chi connectivity index (χ3v) is 3.66. The molecule has 0 unspecified atom stereocenters. The zero-order valence-corrected chi connectivity index (χ0v) is 13.5. The second kappa shape index (κ2) is 8.19. The van der Waals surface area contributed by atoms with Crippen LogP contribution in [-0.4, -0.2) is 47.8 Å². The van der Waals surface area contributed by atoms with Gasteiger partial charge in [0.15, 0.2) is 0 Å². The quantitative estimate of drug-likeness (QED) is 0.807. The van der Waals surface area contributed by atoms with Crippen LogP contribution in [0.25, 0.3) is 0 Å². The van der Waals surface area contributed by atoms with Gasteiger partial charge >= 0.3 is 6.18 Å². The van der Waals surface area contributed by atoms with Crippen molar-refractivity contribution >= 4 is 5.91 Å². The van der Waals surface area contributed by atoms with Crippen LogP contribution in [0.3, 0.4) is 0 Å². The van der Waals surface area contributed by atoms with E-state index in [9.17, 15) is 23.1 Å². The molecule has 0 aliphatic heterocycles. The number of carbonyl (C=O) groups is 1. The molecule has 0 aromatic heterocycles. The minimum atomic E-state index is -4.33. The Hall–Kier alpha value is -1.76. The van der Waals surface area contributed by atoms with E-state index in [4.69, 9.17) is 0 Å². The largest absolute Gasteiger partial charge is 0.508 e. The lowest BCUT2D eigenvalue weighted by Gasteiger charge is -2.26. The molecule has 2 N–H and O–H groups in total. The molecule has 130 valence electrons. The number of phenolic OH excluding ortho intramolecular Hbond substituents is 1. The summed E-state index contributed by atoms with van der Waals surface area (Å²) in [4.78, 5) is 13.0. The van der Waals surface area contributed by atoms with Crippen LogP contribution in [0, 0.1) is 0 Å². The molecule has 0 bridgehead atoms. The fourth-order valence-corrected chi connectivity index (χ4v) is 2.10. The smallest absolute Gasteiger partial charge is 0.401 e. The summed E-state index contributed by atoms with van der Waals surface area (Å²) in [6.07, 6.45) is -2.96. The van der Waals surface area contributed by atoms with Crippen molar-refractivity contribution in [2.24, 2.45) is 0 Å². The number of halogens is 3. The molecule has 0 radical (unpaired) electrons. The number of hydrogen-bond donors (Lipinski definition) is 2. The lowest BCUT2D eigenvalue weighted by molar-refractivity contribution is -0.151. The third-order valence-electron chi connectivity index (χ3n) is 3.66. The number of hydrogen-bond acceptors (Lipinski definition) is 3. The number of phenols is 1. The molecule has 23 heavy (non-hydrogen) atoms. The Bertz CT molecular complexity index is 503. The van der Waals surface area contributed by atoms with Crippen LogP contribution in [0.5, 0.6) is 5.75 Å². The van der Waals surface area contributed by atoms with Crippen molar-refractivity contribution in [1.29, 1.82) is 0 Å². The zero-order valence-electron chi connectivity index (χ0n) is 13.5. The second-order valence-corrected chi connectivity index (χ2v) is 5.82. The summed E-state index contributed by atoms with van der Waals surface area (Å²) in [5, 5.41) is 11.9.